The summed E-state index contributed by atoms with van der Waals surface area (Å²) in [4.78, 5) is 18.5. The van der Waals surface area contributed by atoms with Gasteiger partial charge in [0.15, 0.2) is 11.5 Å². The normalized spacial score (nSPS) is 8.92. The highest BCUT2D eigenvalue weighted by atomic mass is 16.5. The molecule has 0 spiro atoms. The number of anilines is 1. The Kier molecular flexibility index (Phi) is 2.45. The molecule has 13 heavy (non-hydrogen) atoms. The van der Waals surface area contributed by atoms with E-state index < -0.39 is 5.97 Å². The van der Waals surface area contributed by atoms with E-state index in [1.54, 1.807) is 0 Å². The van der Waals surface area contributed by atoms with Crippen LogP contribution in [0.3, 0.4) is 0 Å². The lowest BCUT2D eigenvalue weighted by Crippen LogP contribution is -2.10. The van der Waals surface area contributed by atoms with E-state index in [9.17, 15) is 4.79 Å². The van der Waals surface area contributed by atoms with Gasteiger partial charge >= 0.3 is 5.97 Å². The van der Waals surface area contributed by atoms with Gasteiger partial charge < -0.3 is 10.5 Å². The molecule has 5 nitrogen and oxygen atoms in total. The average Bonchev–Trinajstić information content (AvgIpc) is 2.17. The lowest BCUT2D eigenvalue weighted by Gasteiger charge is -2.01. The van der Waals surface area contributed by atoms with Crippen LogP contribution in [0.2, 0.25) is 0 Å². The summed E-state index contributed by atoms with van der Waals surface area (Å²) >= 11 is 0. The van der Waals surface area contributed by atoms with Gasteiger partial charge in [-0.3, -0.25) is 0 Å². The first kappa shape index (κ1) is 9.00. The SMILES string of the molecule is C#Cc1cnc(N)c(C(=O)OC)n1. The Bertz CT molecular complexity index is 381. The van der Waals surface area contributed by atoms with E-state index in [4.69, 9.17) is 12.2 Å². The molecule has 0 aliphatic heterocycles. The standard InChI is InChI=1S/C8H7N3O2/c1-3-5-4-10-7(9)6(11-5)8(12)13-2/h1,4H,2H3,(H2,9,10). The van der Waals surface area contributed by atoms with Gasteiger partial charge in [-0.25, -0.2) is 14.8 Å². The molecule has 0 saturated carbocycles. The van der Waals surface area contributed by atoms with Gasteiger partial charge in [-0.15, -0.1) is 6.42 Å². The van der Waals surface area contributed by atoms with Gasteiger partial charge in [0.1, 0.15) is 5.69 Å². The summed E-state index contributed by atoms with van der Waals surface area (Å²) in [5, 5.41) is 0. The molecular weight excluding hydrogens is 170 g/mol. The molecule has 1 heterocycles. The summed E-state index contributed by atoms with van der Waals surface area (Å²) in [6, 6.07) is 0. The van der Waals surface area contributed by atoms with Crippen molar-refractivity contribution in [1.29, 1.82) is 0 Å². The van der Waals surface area contributed by atoms with Crippen molar-refractivity contribution < 1.29 is 9.53 Å². The molecule has 0 radical (unpaired) electrons. The van der Waals surface area contributed by atoms with Crippen LogP contribution in [0, 0.1) is 12.3 Å². The third-order valence-corrected chi connectivity index (χ3v) is 1.33. The van der Waals surface area contributed by atoms with Crippen molar-refractivity contribution in [2.45, 2.75) is 0 Å². The third kappa shape index (κ3) is 1.73. The van der Waals surface area contributed by atoms with Crippen LogP contribution in [0.5, 0.6) is 0 Å². The first-order valence-corrected chi connectivity index (χ1v) is 3.36. The zero-order chi connectivity index (χ0) is 9.84. The van der Waals surface area contributed by atoms with Crippen molar-refractivity contribution in [3.63, 3.8) is 0 Å². The Labute approximate surface area is 74.9 Å². The number of nitrogens with two attached hydrogens (primary N) is 1. The first-order valence-electron chi connectivity index (χ1n) is 3.36. The van der Waals surface area contributed by atoms with Crippen LogP contribution in [0.1, 0.15) is 16.2 Å². The minimum atomic E-state index is -0.651. The maximum atomic E-state index is 11.0. The monoisotopic (exact) mass is 177 g/mol. The fourth-order valence-electron chi connectivity index (χ4n) is 0.715. The second kappa shape index (κ2) is 3.54. The van der Waals surface area contributed by atoms with Crippen molar-refractivity contribution in [3.05, 3.63) is 17.6 Å². The number of carbonyl (C=O) groups is 1. The molecule has 0 aromatic carbocycles. The molecule has 2 N–H and O–H groups in total. The van der Waals surface area contributed by atoms with Crippen molar-refractivity contribution >= 4 is 11.8 Å². The lowest BCUT2D eigenvalue weighted by molar-refractivity contribution is 0.0595. The summed E-state index contributed by atoms with van der Waals surface area (Å²) in [6.07, 6.45) is 6.37. The van der Waals surface area contributed by atoms with Crippen molar-refractivity contribution in [1.82, 2.24) is 9.97 Å². The number of terminal acetylenes is 1. The van der Waals surface area contributed by atoms with Crippen LogP contribution in [0.25, 0.3) is 0 Å². The highest BCUT2D eigenvalue weighted by Crippen LogP contribution is 2.06. The van der Waals surface area contributed by atoms with Crippen LogP contribution in [-0.4, -0.2) is 23.0 Å². The molecule has 1 aromatic heterocycles. The number of methoxy groups -OCH3 is 1. The number of aromatic nitrogens is 2. The Balaban J connectivity index is 3.20. The van der Waals surface area contributed by atoms with E-state index in [1.165, 1.54) is 13.3 Å². The molecule has 0 amide bonds. The topological polar surface area (TPSA) is 78.1 Å². The summed E-state index contributed by atoms with van der Waals surface area (Å²) in [7, 11) is 1.23. The fourth-order valence-corrected chi connectivity index (χ4v) is 0.715. The number of ether oxygens (including phenoxy) is 1. The molecule has 1 aromatic rings. The van der Waals surface area contributed by atoms with Gasteiger partial charge in [-0.2, -0.15) is 0 Å². The number of rotatable bonds is 1. The maximum absolute atomic E-state index is 11.0. The van der Waals surface area contributed by atoms with Gasteiger partial charge in [-0.05, 0) is 5.92 Å². The second-order valence-corrected chi connectivity index (χ2v) is 2.13. The van der Waals surface area contributed by atoms with E-state index in [2.05, 4.69) is 20.6 Å². The minimum Gasteiger partial charge on any atom is -0.464 e. The number of nitrogen functional groups attached to an aromatic ring is 1. The van der Waals surface area contributed by atoms with Gasteiger partial charge in [0.05, 0.1) is 13.3 Å². The highest BCUT2D eigenvalue weighted by Gasteiger charge is 2.13. The lowest BCUT2D eigenvalue weighted by atomic mass is 10.4. The number of carbonyl (C=O) groups excluding carboxylic acids is 1. The van der Waals surface area contributed by atoms with Gasteiger partial charge in [0.25, 0.3) is 0 Å². The zero-order valence-corrected chi connectivity index (χ0v) is 6.94. The Morgan fingerprint density at radius 3 is 3.00 bits per heavy atom. The third-order valence-electron chi connectivity index (χ3n) is 1.33. The number of hydrogen-bond donors (Lipinski definition) is 1. The molecule has 0 atom stereocenters. The average molecular weight is 177 g/mol. The van der Waals surface area contributed by atoms with Crippen LogP contribution >= 0.6 is 0 Å². The maximum Gasteiger partial charge on any atom is 0.360 e. The van der Waals surface area contributed by atoms with Crippen LogP contribution in [0.4, 0.5) is 5.82 Å². The minimum absolute atomic E-state index is 0.00542. The van der Waals surface area contributed by atoms with E-state index in [1.807, 2.05) is 0 Å². The van der Waals surface area contributed by atoms with E-state index in [0.29, 0.717) is 0 Å². The van der Waals surface area contributed by atoms with Crippen LogP contribution < -0.4 is 5.73 Å². The van der Waals surface area contributed by atoms with Crippen molar-refractivity contribution in [2.75, 3.05) is 12.8 Å². The fraction of sp³-hybridized carbons (Fsp3) is 0.125. The number of esters is 1. The van der Waals surface area contributed by atoms with Crippen LogP contribution in [-0.2, 0) is 4.74 Å². The highest BCUT2D eigenvalue weighted by molar-refractivity contribution is 5.91. The van der Waals surface area contributed by atoms with Crippen LogP contribution in [0.15, 0.2) is 6.20 Å². The molecule has 0 aliphatic rings. The van der Waals surface area contributed by atoms with Crippen molar-refractivity contribution in [3.8, 4) is 12.3 Å². The molecule has 0 saturated heterocycles. The largest absolute Gasteiger partial charge is 0.464 e. The van der Waals surface area contributed by atoms with Gasteiger partial charge in [0, 0.05) is 0 Å². The molecule has 0 aliphatic carbocycles. The first-order chi connectivity index (χ1) is 6.19. The number of hydrogen-bond acceptors (Lipinski definition) is 5. The van der Waals surface area contributed by atoms with E-state index in [0.717, 1.165) is 0 Å². The Hall–Kier alpha value is -2.09. The number of nitrogens with zero attached hydrogens (tertiary/aromatic N) is 2. The molecule has 0 unspecified atom stereocenters. The summed E-state index contributed by atoms with van der Waals surface area (Å²) in [5.41, 5.74) is 5.57. The van der Waals surface area contributed by atoms with Crippen molar-refractivity contribution in [2.24, 2.45) is 0 Å². The molecule has 1 rings (SSSR count). The van der Waals surface area contributed by atoms with E-state index in [-0.39, 0.29) is 17.2 Å². The summed E-state index contributed by atoms with van der Waals surface area (Å²) in [5.74, 6) is 1.59. The summed E-state index contributed by atoms with van der Waals surface area (Å²) < 4.78 is 4.43. The summed E-state index contributed by atoms with van der Waals surface area (Å²) in [6.45, 7) is 0. The second-order valence-electron chi connectivity index (χ2n) is 2.13. The quantitative estimate of drug-likeness (QED) is 0.475. The van der Waals surface area contributed by atoms with Gasteiger partial charge in [0.2, 0.25) is 0 Å². The predicted molar refractivity (Wildman–Crippen MR) is 45.7 cm³/mol. The zero-order valence-electron chi connectivity index (χ0n) is 6.94. The Morgan fingerprint density at radius 1 is 1.77 bits per heavy atom. The molecule has 66 valence electrons. The smallest absolute Gasteiger partial charge is 0.360 e. The molecule has 0 fully saturated rings. The molecular formula is C8H7N3O2. The molecule has 5 heteroatoms. The Morgan fingerprint density at radius 2 is 2.46 bits per heavy atom. The molecule has 0 bridgehead atoms. The van der Waals surface area contributed by atoms with Gasteiger partial charge in [-0.1, -0.05) is 0 Å². The van der Waals surface area contributed by atoms with E-state index >= 15 is 0 Å². The predicted octanol–water partition coefficient (Wildman–Crippen LogP) is -0.173.